The minimum absolute atomic E-state index is 0.0921. The Bertz CT molecular complexity index is 757. The molecule has 144 valence electrons. The molecule has 0 fully saturated rings. The normalized spacial score (nSPS) is 10.6. The minimum Gasteiger partial charge on any atom is -0.325 e. The first-order chi connectivity index (χ1) is 12.7. The van der Waals surface area contributed by atoms with E-state index in [1.54, 1.807) is 0 Å². The van der Waals surface area contributed by atoms with E-state index in [2.05, 4.69) is 34.9 Å². The van der Waals surface area contributed by atoms with Gasteiger partial charge >= 0.3 is 0 Å². The smallest absolute Gasteiger partial charge is 0.234 e. The highest BCUT2D eigenvalue weighted by Crippen LogP contribution is 2.23. The van der Waals surface area contributed by atoms with Gasteiger partial charge in [-0.2, -0.15) is 0 Å². The van der Waals surface area contributed by atoms with Crippen molar-refractivity contribution >= 4 is 35.0 Å². The maximum atomic E-state index is 12.2. The van der Waals surface area contributed by atoms with E-state index < -0.39 is 0 Å². The lowest BCUT2D eigenvalue weighted by Crippen LogP contribution is -2.20. The Hall–Kier alpha value is -2.27. The van der Waals surface area contributed by atoms with Gasteiger partial charge in [-0.05, 0) is 63.8 Å². The number of carbonyl (C=O) groups is 2. The monoisotopic (exact) mass is 384 g/mol. The summed E-state index contributed by atoms with van der Waals surface area (Å²) < 4.78 is 0. The molecule has 0 aliphatic carbocycles. The van der Waals surface area contributed by atoms with Gasteiger partial charge in [0.15, 0.2) is 0 Å². The SMILES string of the molecule is Cc1cc(C)c(NC(=O)CSCC(=O)Nc2c(C)cc(C)cc2C)c(C)c1. The Labute approximate surface area is 166 Å². The van der Waals surface area contributed by atoms with Gasteiger partial charge in [0, 0.05) is 11.4 Å². The maximum Gasteiger partial charge on any atom is 0.234 e. The molecule has 0 unspecified atom stereocenters. The van der Waals surface area contributed by atoms with E-state index in [4.69, 9.17) is 0 Å². The van der Waals surface area contributed by atoms with Crippen LogP contribution < -0.4 is 10.6 Å². The first-order valence-corrected chi connectivity index (χ1v) is 10.2. The molecule has 0 saturated carbocycles. The van der Waals surface area contributed by atoms with Gasteiger partial charge in [0.1, 0.15) is 0 Å². The summed E-state index contributed by atoms with van der Waals surface area (Å²) in [5, 5.41) is 5.92. The van der Waals surface area contributed by atoms with Gasteiger partial charge < -0.3 is 10.6 Å². The number of carbonyl (C=O) groups excluding carboxylic acids is 2. The molecule has 2 N–H and O–H groups in total. The summed E-state index contributed by atoms with van der Waals surface area (Å²) in [5.74, 6) is 0.300. The lowest BCUT2D eigenvalue weighted by molar-refractivity contribution is -0.114. The molecular formula is C22H28N2O2S. The van der Waals surface area contributed by atoms with Crippen LogP contribution >= 0.6 is 11.8 Å². The van der Waals surface area contributed by atoms with Crippen molar-refractivity contribution in [3.8, 4) is 0 Å². The quantitative estimate of drug-likeness (QED) is 0.749. The topological polar surface area (TPSA) is 58.2 Å². The highest BCUT2D eigenvalue weighted by molar-refractivity contribution is 8.00. The zero-order valence-corrected chi connectivity index (χ0v) is 17.8. The average Bonchev–Trinajstić information content (AvgIpc) is 2.54. The molecule has 0 aliphatic heterocycles. The Morgan fingerprint density at radius 2 is 0.963 bits per heavy atom. The predicted octanol–water partition coefficient (Wildman–Crippen LogP) is 4.85. The summed E-state index contributed by atoms with van der Waals surface area (Å²) in [6.07, 6.45) is 0. The van der Waals surface area contributed by atoms with Crippen LogP contribution in [0.4, 0.5) is 11.4 Å². The summed E-state index contributed by atoms with van der Waals surface area (Å²) in [6.45, 7) is 12.0. The third-order valence-corrected chi connectivity index (χ3v) is 5.28. The number of hydrogen-bond acceptors (Lipinski definition) is 3. The first kappa shape index (κ1) is 21.0. The number of anilines is 2. The number of benzene rings is 2. The lowest BCUT2D eigenvalue weighted by atomic mass is 10.1. The summed E-state index contributed by atoms with van der Waals surface area (Å²) in [5.41, 5.74) is 8.28. The van der Waals surface area contributed by atoms with Crippen LogP contribution in [0.25, 0.3) is 0 Å². The van der Waals surface area contributed by atoms with E-state index in [0.717, 1.165) is 33.6 Å². The molecular weight excluding hydrogens is 356 g/mol. The first-order valence-electron chi connectivity index (χ1n) is 9.00. The molecule has 2 aromatic rings. The third kappa shape index (κ3) is 5.86. The molecule has 0 spiro atoms. The van der Waals surface area contributed by atoms with Gasteiger partial charge in [-0.3, -0.25) is 9.59 Å². The van der Waals surface area contributed by atoms with Crippen molar-refractivity contribution in [2.45, 2.75) is 41.5 Å². The van der Waals surface area contributed by atoms with Crippen LogP contribution in [0.2, 0.25) is 0 Å². The zero-order valence-electron chi connectivity index (χ0n) is 16.9. The van der Waals surface area contributed by atoms with Crippen LogP contribution in [-0.4, -0.2) is 23.3 Å². The second kappa shape index (κ2) is 9.09. The van der Waals surface area contributed by atoms with Crippen LogP contribution in [0.3, 0.4) is 0 Å². The van der Waals surface area contributed by atoms with Gasteiger partial charge in [-0.25, -0.2) is 0 Å². The summed E-state index contributed by atoms with van der Waals surface area (Å²) >= 11 is 1.31. The second-order valence-electron chi connectivity index (χ2n) is 7.14. The van der Waals surface area contributed by atoms with Crippen LogP contribution in [0.5, 0.6) is 0 Å². The van der Waals surface area contributed by atoms with Gasteiger partial charge in [0.25, 0.3) is 0 Å². The fourth-order valence-corrected chi connectivity index (χ4v) is 3.96. The summed E-state index contributed by atoms with van der Waals surface area (Å²) in [7, 11) is 0. The average molecular weight is 385 g/mol. The van der Waals surface area contributed by atoms with Crippen molar-refractivity contribution in [2.75, 3.05) is 22.1 Å². The molecule has 27 heavy (non-hydrogen) atoms. The zero-order chi connectivity index (χ0) is 20.1. The Kier molecular flexibility index (Phi) is 7.08. The molecule has 0 radical (unpaired) electrons. The van der Waals surface area contributed by atoms with E-state index >= 15 is 0 Å². The number of rotatable bonds is 6. The lowest BCUT2D eigenvalue weighted by Gasteiger charge is -2.14. The largest absolute Gasteiger partial charge is 0.325 e. The van der Waals surface area contributed by atoms with Gasteiger partial charge in [0.05, 0.1) is 11.5 Å². The molecule has 2 amide bonds. The molecule has 0 atom stereocenters. The number of amides is 2. The summed E-state index contributed by atoms with van der Waals surface area (Å²) in [6, 6.07) is 8.20. The highest BCUT2D eigenvalue weighted by atomic mass is 32.2. The van der Waals surface area contributed by atoms with Crippen LogP contribution in [0, 0.1) is 41.5 Å². The maximum absolute atomic E-state index is 12.2. The number of aryl methyl sites for hydroxylation is 6. The molecule has 2 aromatic carbocycles. The van der Waals surface area contributed by atoms with E-state index in [9.17, 15) is 9.59 Å². The molecule has 0 bridgehead atoms. The predicted molar refractivity (Wildman–Crippen MR) is 116 cm³/mol. The summed E-state index contributed by atoms with van der Waals surface area (Å²) in [4.78, 5) is 24.4. The van der Waals surface area contributed by atoms with Crippen molar-refractivity contribution in [1.82, 2.24) is 0 Å². The van der Waals surface area contributed by atoms with Crippen molar-refractivity contribution in [3.05, 3.63) is 57.6 Å². The fourth-order valence-electron chi connectivity index (χ4n) is 3.34. The van der Waals surface area contributed by atoms with Crippen molar-refractivity contribution in [3.63, 3.8) is 0 Å². The van der Waals surface area contributed by atoms with E-state index in [0.29, 0.717) is 0 Å². The molecule has 2 rings (SSSR count). The van der Waals surface area contributed by atoms with Crippen molar-refractivity contribution in [1.29, 1.82) is 0 Å². The van der Waals surface area contributed by atoms with Gasteiger partial charge in [0.2, 0.25) is 11.8 Å². The van der Waals surface area contributed by atoms with Crippen LogP contribution in [0.15, 0.2) is 24.3 Å². The number of thioether (sulfide) groups is 1. The molecule has 4 nitrogen and oxygen atoms in total. The molecule has 0 heterocycles. The molecule has 5 heteroatoms. The second-order valence-corrected chi connectivity index (χ2v) is 8.12. The molecule has 0 saturated heterocycles. The molecule has 0 aliphatic rings. The standard InChI is InChI=1S/C22H28N2O2S/c1-13-7-15(3)21(16(4)8-13)23-19(25)11-27-12-20(26)24-22-17(5)9-14(2)10-18(22)6/h7-10H,11-12H2,1-6H3,(H,23,25)(H,24,26). The Morgan fingerprint density at radius 1 is 0.667 bits per heavy atom. The highest BCUT2D eigenvalue weighted by Gasteiger charge is 2.11. The van der Waals surface area contributed by atoms with Crippen LogP contribution in [-0.2, 0) is 9.59 Å². The van der Waals surface area contributed by atoms with Crippen molar-refractivity contribution in [2.24, 2.45) is 0 Å². The number of hydrogen-bond donors (Lipinski definition) is 2. The van der Waals surface area contributed by atoms with Gasteiger partial charge in [-0.15, -0.1) is 11.8 Å². The minimum atomic E-state index is -0.0921. The Balaban J connectivity index is 1.86. The van der Waals surface area contributed by atoms with E-state index in [-0.39, 0.29) is 23.3 Å². The number of nitrogens with one attached hydrogen (secondary N) is 2. The van der Waals surface area contributed by atoms with Crippen LogP contribution in [0.1, 0.15) is 33.4 Å². The van der Waals surface area contributed by atoms with Gasteiger partial charge in [-0.1, -0.05) is 35.4 Å². The van der Waals surface area contributed by atoms with Crippen molar-refractivity contribution < 1.29 is 9.59 Å². The van der Waals surface area contributed by atoms with E-state index in [1.165, 1.54) is 22.9 Å². The molecule has 0 aromatic heterocycles. The fraction of sp³-hybridized carbons (Fsp3) is 0.364. The Morgan fingerprint density at radius 3 is 1.26 bits per heavy atom. The third-order valence-electron chi connectivity index (χ3n) is 4.35. The van der Waals surface area contributed by atoms with E-state index in [1.807, 2.05) is 41.5 Å².